The van der Waals surface area contributed by atoms with Crippen molar-refractivity contribution in [3.8, 4) is 6.07 Å². The Balaban J connectivity index is 3.11. The number of esters is 1. The van der Waals surface area contributed by atoms with Crippen molar-refractivity contribution in [3.63, 3.8) is 0 Å². The minimum absolute atomic E-state index is 0.429. The lowest BCUT2D eigenvalue weighted by molar-refractivity contribution is -0.146. The number of halogens is 1. The van der Waals surface area contributed by atoms with Crippen LogP contribution in [0.1, 0.15) is 11.5 Å². The first-order valence-corrected chi connectivity index (χ1v) is 5.78. The summed E-state index contributed by atoms with van der Waals surface area (Å²) in [6, 6.07) is 8.40. The van der Waals surface area contributed by atoms with Gasteiger partial charge < -0.3 is 4.74 Å². The minimum atomic E-state index is -0.638. The lowest BCUT2D eigenvalue weighted by atomic mass is 9.92. The van der Waals surface area contributed by atoms with Gasteiger partial charge in [-0.15, -0.1) is 0 Å². The zero-order chi connectivity index (χ0) is 13.7. The molecule has 0 saturated carbocycles. The number of benzene rings is 1. The zero-order valence-corrected chi connectivity index (χ0v) is 11.3. The third-order valence-electron chi connectivity index (χ3n) is 2.68. The fourth-order valence-electron chi connectivity index (χ4n) is 1.76. The van der Waals surface area contributed by atoms with E-state index in [1.54, 1.807) is 43.3 Å². The third kappa shape index (κ3) is 3.22. The van der Waals surface area contributed by atoms with Crippen molar-refractivity contribution in [3.05, 3.63) is 34.9 Å². The molecule has 0 radical (unpaired) electrons. The van der Waals surface area contributed by atoms with Crippen molar-refractivity contribution in [2.24, 2.45) is 0 Å². The first-order valence-electron chi connectivity index (χ1n) is 5.40. The molecule has 2 atom stereocenters. The Morgan fingerprint density at radius 1 is 1.39 bits per heavy atom. The molecule has 1 aromatic rings. The van der Waals surface area contributed by atoms with E-state index in [0.29, 0.717) is 5.02 Å². The molecule has 2 unspecified atom stereocenters. The largest absolute Gasteiger partial charge is 0.468 e. The molecule has 0 aliphatic carbocycles. The number of methoxy groups -OCH3 is 1. The van der Waals surface area contributed by atoms with E-state index in [-0.39, 0.29) is 0 Å². The highest BCUT2D eigenvalue weighted by molar-refractivity contribution is 6.30. The van der Waals surface area contributed by atoms with E-state index in [1.165, 1.54) is 7.11 Å². The molecular formula is C13H15ClN2O2. The summed E-state index contributed by atoms with van der Waals surface area (Å²) in [6.45, 7) is 0. The summed E-state index contributed by atoms with van der Waals surface area (Å²) < 4.78 is 4.74. The molecule has 0 saturated heterocycles. The molecule has 96 valence electrons. The Labute approximate surface area is 112 Å². The fraction of sp³-hybridized carbons (Fsp3) is 0.385. The van der Waals surface area contributed by atoms with Crippen LogP contribution in [-0.2, 0) is 9.53 Å². The van der Waals surface area contributed by atoms with Gasteiger partial charge in [-0.25, -0.2) is 0 Å². The molecule has 0 N–H and O–H groups in total. The van der Waals surface area contributed by atoms with Crippen molar-refractivity contribution in [1.29, 1.82) is 5.26 Å². The molecule has 0 heterocycles. The van der Waals surface area contributed by atoms with Gasteiger partial charge in [0.1, 0.15) is 6.04 Å². The van der Waals surface area contributed by atoms with E-state index in [1.807, 2.05) is 0 Å². The Hall–Kier alpha value is -1.57. The van der Waals surface area contributed by atoms with Crippen LogP contribution in [0.4, 0.5) is 0 Å². The number of rotatable bonds is 4. The number of likely N-dealkylation sites (N-methyl/N-ethyl adjacent to an activating group) is 1. The number of ether oxygens (including phenoxy) is 1. The van der Waals surface area contributed by atoms with E-state index in [2.05, 4.69) is 6.07 Å². The first kappa shape index (κ1) is 14.5. The monoisotopic (exact) mass is 266 g/mol. The molecule has 18 heavy (non-hydrogen) atoms. The summed E-state index contributed by atoms with van der Waals surface area (Å²) in [5.41, 5.74) is 0.742. The number of nitriles is 1. The fourth-order valence-corrected chi connectivity index (χ4v) is 1.89. The van der Waals surface area contributed by atoms with Gasteiger partial charge in [0.25, 0.3) is 0 Å². The van der Waals surface area contributed by atoms with E-state index in [9.17, 15) is 10.1 Å². The van der Waals surface area contributed by atoms with Gasteiger partial charge in [-0.3, -0.25) is 9.69 Å². The molecule has 5 heteroatoms. The van der Waals surface area contributed by atoms with Crippen LogP contribution in [0.2, 0.25) is 5.02 Å². The van der Waals surface area contributed by atoms with Gasteiger partial charge in [0, 0.05) is 5.02 Å². The van der Waals surface area contributed by atoms with Gasteiger partial charge in [0.15, 0.2) is 0 Å². The maximum Gasteiger partial charge on any atom is 0.324 e. The Bertz CT molecular complexity index is 451. The molecule has 0 aliphatic rings. The minimum Gasteiger partial charge on any atom is -0.468 e. The molecule has 1 aromatic carbocycles. The molecular weight excluding hydrogens is 252 g/mol. The summed E-state index contributed by atoms with van der Waals surface area (Å²) in [5.74, 6) is -1.02. The lowest BCUT2D eigenvalue weighted by Crippen LogP contribution is -2.41. The number of nitrogens with zero attached hydrogens (tertiary/aromatic N) is 2. The van der Waals surface area contributed by atoms with Crippen LogP contribution in [0.5, 0.6) is 0 Å². The van der Waals surface area contributed by atoms with Crippen molar-refractivity contribution in [2.75, 3.05) is 21.2 Å². The maximum atomic E-state index is 11.8. The van der Waals surface area contributed by atoms with E-state index in [4.69, 9.17) is 16.3 Å². The van der Waals surface area contributed by atoms with Gasteiger partial charge in [0.05, 0.1) is 19.1 Å². The van der Waals surface area contributed by atoms with Crippen LogP contribution in [0, 0.1) is 11.3 Å². The smallest absolute Gasteiger partial charge is 0.324 e. The summed E-state index contributed by atoms with van der Waals surface area (Å²) in [5, 5.41) is 9.89. The normalized spacial score (nSPS) is 13.8. The van der Waals surface area contributed by atoms with Gasteiger partial charge in [-0.05, 0) is 31.8 Å². The van der Waals surface area contributed by atoms with Gasteiger partial charge >= 0.3 is 5.97 Å². The predicted octanol–water partition coefficient (Wildman–Crippen LogP) is 2.05. The highest BCUT2D eigenvalue weighted by Crippen LogP contribution is 2.24. The molecule has 4 nitrogen and oxygen atoms in total. The van der Waals surface area contributed by atoms with Crippen LogP contribution in [0.15, 0.2) is 24.3 Å². The average Bonchev–Trinajstić information content (AvgIpc) is 2.35. The molecule has 0 aromatic heterocycles. The van der Waals surface area contributed by atoms with E-state index < -0.39 is 17.9 Å². The van der Waals surface area contributed by atoms with Crippen molar-refractivity contribution >= 4 is 17.6 Å². The molecule has 1 rings (SSSR count). The second-order valence-electron chi connectivity index (χ2n) is 4.09. The van der Waals surface area contributed by atoms with Gasteiger partial charge in [-0.1, -0.05) is 23.7 Å². The topological polar surface area (TPSA) is 53.3 Å². The molecule has 0 amide bonds. The molecule has 0 fully saturated rings. The molecule has 0 bridgehead atoms. The Kier molecular flexibility index (Phi) is 5.14. The quantitative estimate of drug-likeness (QED) is 0.783. The average molecular weight is 267 g/mol. The van der Waals surface area contributed by atoms with Crippen molar-refractivity contribution in [2.45, 2.75) is 12.0 Å². The Morgan fingerprint density at radius 3 is 2.33 bits per heavy atom. The number of carbonyl (C=O) groups excluding carboxylic acids is 1. The highest BCUT2D eigenvalue weighted by Gasteiger charge is 2.32. The van der Waals surface area contributed by atoms with Crippen LogP contribution in [-0.4, -0.2) is 38.1 Å². The summed E-state index contributed by atoms with van der Waals surface area (Å²) in [4.78, 5) is 13.4. The maximum absolute atomic E-state index is 11.8. The molecule has 0 aliphatic heterocycles. The second kappa shape index (κ2) is 6.39. The molecule has 0 spiro atoms. The second-order valence-corrected chi connectivity index (χ2v) is 4.53. The Morgan fingerprint density at radius 2 is 1.94 bits per heavy atom. The van der Waals surface area contributed by atoms with Crippen LogP contribution >= 0.6 is 11.6 Å². The standard InChI is InChI=1S/C13H15ClN2O2/c1-16(2)12(13(17)18-3)11(8-15)9-4-6-10(14)7-5-9/h4-7,11-12H,1-3H3. The van der Waals surface area contributed by atoms with Gasteiger partial charge in [0.2, 0.25) is 0 Å². The SMILES string of the molecule is COC(=O)C(C(C#N)c1ccc(Cl)cc1)N(C)C. The van der Waals surface area contributed by atoms with Gasteiger partial charge in [-0.2, -0.15) is 5.26 Å². The number of hydrogen-bond acceptors (Lipinski definition) is 4. The van der Waals surface area contributed by atoms with Crippen LogP contribution < -0.4 is 0 Å². The summed E-state index contributed by atoms with van der Waals surface area (Å²) in [7, 11) is 4.79. The highest BCUT2D eigenvalue weighted by atomic mass is 35.5. The van der Waals surface area contributed by atoms with E-state index in [0.717, 1.165) is 5.56 Å². The third-order valence-corrected chi connectivity index (χ3v) is 2.93. The zero-order valence-electron chi connectivity index (χ0n) is 10.6. The number of carbonyl (C=O) groups is 1. The van der Waals surface area contributed by atoms with Crippen molar-refractivity contribution < 1.29 is 9.53 Å². The van der Waals surface area contributed by atoms with Crippen LogP contribution in [0.3, 0.4) is 0 Å². The predicted molar refractivity (Wildman–Crippen MR) is 69.3 cm³/mol. The number of hydrogen-bond donors (Lipinski definition) is 0. The van der Waals surface area contributed by atoms with Crippen molar-refractivity contribution in [1.82, 2.24) is 4.90 Å². The first-order chi connectivity index (χ1) is 8.51. The van der Waals surface area contributed by atoms with E-state index >= 15 is 0 Å². The summed E-state index contributed by atoms with van der Waals surface area (Å²) >= 11 is 5.81. The summed E-state index contributed by atoms with van der Waals surface area (Å²) in [6.07, 6.45) is 0. The lowest BCUT2D eigenvalue weighted by Gasteiger charge is -2.26. The van der Waals surface area contributed by atoms with Crippen LogP contribution in [0.25, 0.3) is 0 Å².